The van der Waals surface area contributed by atoms with Crippen molar-refractivity contribution < 1.29 is 14.0 Å². The number of rotatable bonds is 9. The average molecular weight is 653 g/mol. The molecule has 0 saturated heterocycles. The van der Waals surface area contributed by atoms with Gasteiger partial charge >= 0.3 is 6.09 Å². The zero-order valence-corrected chi connectivity index (χ0v) is 30.5. The first-order chi connectivity index (χ1) is 21.9. The van der Waals surface area contributed by atoms with Crippen LogP contribution in [0.2, 0.25) is 18.1 Å². The summed E-state index contributed by atoms with van der Waals surface area (Å²) >= 11 is 0. The summed E-state index contributed by atoms with van der Waals surface area (Å²) in [5.41, 5.74) is 5.44. The maximum atomic E-state index is 12.7. The van der Waals surface area contributed by atoms with E-state index in [4.69, 9.17) is 19.1 Å². The van der Waals surface area contributed by atoms with Gasteiger partial charge in [0.15, 0.2) is 8.32 Å². The van der Waals surface area contributed by atoms with Crippen LogP contribution in [0.4, 0.5) is 10.6 Å². The topological polar surface area (TPSA) is 115 Å². The molecular formula is C37H48N6O3Si. The minimum absolute atomic E-state index is 0.0793. The number of hydrogen-bond acceptors (Lipinski definition) is 7. The van der Waals surface area contributed by atoms with Crippen molar-refractivity contribution in [2.45, 2.75) is 104 Å². The van der Waals surface area contributed by atoms with Gasteiger partial charge < -0.3 is 13.7 Å². The summed E-state index contributed by atoms with van der Waals surface area (Å²) in [4.78, 5) is 27.0. The number of fused-ring (bicyclic) bond motifs is 1. The van der Waals surface area contributed by atoms with Gasteiger partial charge in [0.25, 0.3) is 0 Å². The van der Waals surface area contributed by atoms with Crippen LogP contribution in [0.25, 0.3) is 33.5 Å². The van der Waals surface area contributed by atoms with Crippen molar-refractivity contribution in [1.82, 2.24) is 19.5 Å². The fourth-order valence-electron chi connectivity index (χ4n) is 5.24. The highest BCUT2D eigenvalue weighted by molar-refractivity contribution is 6.74. The molecule has 5 rings (SSSR count). The number of carbonyl (C=O) groups excluding carboxylic acids is 1. The molecule has 1 aliphatic rings. The lowest BCUT2D eigenvalue weighted by Gasteiger charge is -2.39. The van der Waals surface area contributed by atoms with E-state index in [1.54, 1.807) is 26.8 Å². The summed E-state index contributed by atoms with van der Waals surface area (Å²) in [6.45, 7) is 22.7. The van der Waals surface area contributed by atoms with Gasteiger partial charge in [0.1, 0.15) is 17.5 Å². The molecule has 1 N–H and O–H groups in total. The molecule has 0 unspecified atom stereocenters. The maximum absolute atomic E-state index is 12.7. The number of pyridine rings is 2. The molecule has 1 saturated carbocycles. The Morgan fingerprint density at radius 1 is 1.02 bits per heavy atom. The number of carbonyl (C=O) groups is 1. The highest BCUT2D eigenvalue weighted by Gasteiger charge is 2.38. The number of anilines is 1. The van der Waals surface area contributed by atoms with Gasteiger partial charge in [-0.1, -0.05) is 40.7 Å². The van der Waals surface area contributed by atoms with Crippen molar-refractivity contribution in [2.75, 3.05) is 11.9 Å². The second-order valence-electron chi connectivity index (χ2n) is 16.1. The first kappa shape index (κ1) is 34.3. The van der Waals surface area contributed by atoms with Gasteiger partial charge in [-0.2, -0.15) is 5.26 Å². The standard InChI is InChI=1S/C37H48N6O3Si/c1-35(2,3)46-34(44)42-33-32(26(20-38)15-16-39-33)30-19-27(24-11-12-24)18-28(41-30)25-13-14-31-29(17-25)40-23-43(31)21-37(7,8)22-45-47(9,10)36(4,5)6/h13-19,23-24H,11-12,21-22H2,1-10H3,(H,39,42,44). The van der Waals surface area contributed by atoms with Gasteiger partial charge in [0.05, 0.1) is 39.9 Å². The predicted octanol–water partition coefficient (Wildman–Crippen LogP) is 9.30. The van der Waals surface area contributed by atoms with Crippen LogP contribution in [-0.2, 0) is 15.7 Å². The number of nitrogens with zero attached hydrogens (tertiary/aromatic N) is 5. The Morgan fingerprint density at radius 2 is 1.72 bits per heavy atom. The van der Waals surface area contributed by atoms with Crippen LogP contribution in [0.5, 0.6) is 0 Å². The van der Waals surface area contributed by atoms with E-state index in [1.807, 2.05) is 12.4 Å². The van der Waals surface area contributed by atoms with Crippen molar-refractivity contribution in [3.05, 3.63) is 60.0 Å². The zero-order chi connectivity index (χ0) is 34.4. The minimum Gasteiger partial charge on any atom is -0.444 e. The van der Waals surface area contributed by atoms with Crippen LogP contribution < -0.4 is 5.32 Å². The third kappa shape index (κ3) is 8.08. The quantitative estimate of drug-likeness (QED) is 0.179. The summed E-state index contributed by atoms with van der Waals surface area (Å²) in [6.07, 6.45) is 4.97. The lowest BCUT2D eigenvalue weighted by molar-refractivity contribution is 0.0635. The zero-order valence-electron chi connectivity index (χ0n) is 29.5. The first-order valence-electron chi connectivity index (χ1n) is 16.4. The average Bonchev–Trinajstić information content (AvgIpc) is 3.76. The maximum Gasteiger partial charge on any atom is 0.413 e. The van der Waals surface area contributed by atoms with E-state index in [-0.39, 0.29) is 16.3 Å². The van der Waals surface area contributed by atoms with E-state index >= 15 is 0 Å². The largest absolute Gasteiger partial charge is 0.444 e. The van der Waals surface area contributed by atoms with Gasteiger partial charge in [-0.3, -0.25) is 5.32 Å². The predicted molar refractivity (Wildman–Crippen MR) is 190 cm³/mol. The number of imidazole rings is 1. The molecule has 10 heteroatoms. The van der Waals surface area contributed by atoms with E-state index in [0.717, 1.165) is 47.2 Å². The number of aromatic nitrogens is 4. The van der Waals surface area contributed by atoms with E-state index in [2.05, 4.69) is 92.9 Å². The van der Waals surface area contributed by atoms with Crippen LogP contribution in [0, 0.1) is 16.7 Å². The van der Waals surface area contributed by atoms with Crippen molar-refractivity contribution in [1.29, 1.82) is 5.26 Å². The molecule has 0 bridgehead atoms. The first-order valence-corrected chi connectivity index (χ1v) is 19.3. The van der Waals surface area contributed by atoms with Gasteiger partial charge in [0.2, 0.25) is 0 Å². The second-order valence-corrected chi connectivity index (χ2v) is 20.9. The van der Waals surface area contributed by atoms with Gasteiger partial charge in [-0.25, -0.2) is 19.7 Å². The third-order valence-corrected chi connectivity index (χ3v) is 13.5. The highest BCUT2D eigenvalue weighted by atomic mass is 28.4. The molecule has 248 valence electrons. The van der Waals surface area contributed by atoms with Crippen LogP contribution in [0.15, 0.2) is 48.9 Å². The Labute approximate surface area is 279 Å². The third-order valence-electron chi connectivity index (χ3n) is 8.99. The summed E-state index contributed by atoms with van der Waals surface area (Å²) in [6, 6.07) is 14.3. The Hall–Kier alpha value is -4.07. The molecule has 3 heterocycles. The van der Waals surface area contributed by atoms with Crippen LogP contribution >= 0.6 is 0 Å². The SMILES string of the molecule is CC(C)(CO[Si](C)(C)C(C)(C)C)Cn1cnc2cc(-c3cc(C4CC4)cc(-c4c(C#N)ccnc4NC(=O)OC(C)(C)C)n3)ccc21. The lowest BCUT2D eigenvalue weighted by atomic mass is 9.95. The Balaban J connectivity index is 1.47. The molecular weight excluding hydrogens is 605 g/mol. The van der Waals surface area contributed by atoms with Crippen molar-refractivity contribution in [3.8, 4) is 28.6 Å². The summed E-state index contributed by atoms with van der Waals surface area (Å²) in [5, 5.41) is 13.0. The summed E-state index contributed by atoms with van der Waals surface area (Å²) < 4.78 is 14.3. The van der Waals surface area contributed by atoms with Gasteiger partial charge in [-0.05, 0) is 93.6 Å². The lowest BCUT2D eigenvalue weighted by Crippen LogP contribution is -2.43. The van der Waals surface area contributed by atoms with Gasteiger partial charge in [0, 0.05) is 30.3 Å². The Bertz CT molecular complexity index is 1840. The minimum atomic E-state index is -1.86. The van der Waals surface area contributed by atoms with Crippen molar-refractivity contribution >= 4 is 31.3 Å². The number of hydrogen-bond donors (Lipinski definition) is 1. The fourth-order valence-corrected chi connectivity index (χ4v) is 6.42. The second kappa shape index (κ2) is 12.5. The Kier molecular flexibility index (Phi) is 9.12. The number of amides is 1. The molecule has 0 aliphatic heterocycles. The monoisotopic (exact) mass is 652 g/mol. The molecule has 47 heavy (non-hydrogen) atoms. The molecule has 3 aromatic heterocycles. The number of nitriles is 1. The molecule has 0 atom stereocenters. The van der Waals surface area contributed by atoms with Crippen LogP contribution in [0.3, 0.4) is 0 Å². The molecule has 0 radical (unpaired) electrons. The number of ether oxygens (including phenoxy) is 1. The molecule has 1 fully saturated rings. The molecule has 0 spiro atoms. The summed E-state index contributed by atoms with van der Waals surface area (Å²) in [7, 11) is -1.86. The van der Waals surface area contributed by atoms with Gasteiger partial charge in [-0.15, -0.1) is 0 Å². The van der Waals surface area contributed by atoms with E-state index in [1.165, 1.54) is 6.20 Å². The van der Waals surface area contributed by atoms with E-state index in [0.29, 0.717) is 29.3 Å². The molecule has 9 nitrogen and oxygen atoms in total. The number of benzene rings is 1. The molecule has 1 amide bonds. The number of nitrogens with one attached hydrogen (secondary N) is 1. The summed E-state index contributed by atoms with van der Waals surface area (Å²) in [5.74, 6) is 0.665. The fraction of sp³-hybridized carbons (Fsp3) is 0.486. The van der Waals surface area contributed by atoms with Crippen molar-refractivity contribution in [3.63, 3.8) is 0 Å². The van der Waals surface area contributed by atoms with Crippen molar-refractivity contribution in [2.24, 2.45) is 5.41 Å². The normalized spacial score (nSPS) is 14.2. The highest BCUT2D eigenvalue weighted by Crippen LogP contribution is 2.43. The van der Waals surface area contributed by atoms with Crippen LogP contribution in [0.1, 0.15) is 85.3 Å². The Morgan fingerprint density at radius 3 is 2.36 bits per heavy atom. The van der Waals surface area contributed by atoms with Crippen LogP contribution in [-0.4, -0.2) is 46.1 Å². The molecule has 1 aliphatic carbocycles. The molecule has 1 aromatic carbocycles. The molecule has 4 aromatic rings. The smallest absolute Gasteiger partial charge is 0.413 e. The van der Waals surface area contributed by atoms with E-state index in [9.17, 15) is 10.1 Å². The van der Waals surface area contributed by atoms with E-state index < -0.39 is 20.0 Å².